The molecule has 0 spiro atoms. The normalized spacial score (nSPS) is 20.7. The van der Waals surface area contributed by atoms with Crippen LogP contribution < -0.4 is 27.0 Å². The summed E-state index contributed by atoms with van der Waals surface area (Å²) in [6, 6.07) is -0.255. The SMILES string of the molecule is CNC(CCC(=O)NCC(C)=O)C(=O)NCC(=O)NC1CCC(N)CC1. The van der Waals surface area contributed by atoms with Crippen molar-refractivity contribution >= 4 is 23.5 Å². The number of carbonyl (C=O) groups excluding carboxylic acids is 4. The Morgan fingerprint density at radius 3 is 2.23 bits per heavy atom. The summed E-state index contributed by atoms with van der Waals surface area (Å²) in [7, 11) is 1.61. The van der Waals surface area contributed by atoms with E-state index in [2.05, 4.69) is 21.3 Å². The topological polar surface area (TPSA) is 142 Å². The van der Waals surface area contributed by atoms with Crippen LogP contribution in [-0.4, -0.2) is 61.8 Å². The fraction of sp³-hybridized carbons (Fsp3) is 0.765. The highest BCUT2D eigenvalue weighted by molar-refractivity contribution is 5.88. The molecule has 1 rings (SSSR count). The number of amides is 3. The highest BCUT2D eigenvalue weighted by Crippen LogP contribution is 2.16. The van der Waals surface area contributed by atoms with Gasteiger partial charge < -0.3 is 27.0 Å². The summed E-state index contributed by atoms with van der Waals surface area (Å²) < 4.78 is 0. The summed E-state index contributed by atoms with van der Waals surface area (Å²) in [6.45, 7) is 1.27. The van der Waals surface area contributed by atoms with Crippen LogP contribution in [0.25, 0.3) is 0 Å². The van der Waals surface area contributed by atoms with Gasteiger partial charge in [0.25, 0.3) is 0 Å². The van der Waals surface area contributed by atoms with Crippen LogP contribution >= 0.6 is 0 Å². The van der Waals surface area contributed by atoms with Crippen molar-refractivity contribution in [2.75, 3.05) is 20.1 Å². The van der Waals surface area contributed by atoms with E-state index in [9.17, 15) is 19.2 Å². The first-order valence-corrected chi connectivity index (χ1v) is 9.07. The van der Waals surface area contributed by atoms with Gasteiger partial charge in [-0.05, 0) is 46.1 Å². The molecule has 0 bridgehead atoms. The Kier molecular flexibility index (Phi) is 9.82. The zero-order chi connectivity index (χ0) is 19.5. The molecule has 0 heterocycles. The number of carbonyl (C=O) groups is 4. The summed E-state index contributed by atoms with van der Waals surface area (Å²) in [5.41, 5.74) is 5.84. The molecular formula is C17H31N5O4. The molecule has 0 radical (unpaired) electrons. The minimum absolute atomic E-state index is 0.0124. The lowest BCUT2D eigenvalue weighted by Crippen LogP contribution is -2.48. The number of Topliss-reactive ketones (excluding diaryl/α,β-unsaturated/α-hetero) is 1. The molecule has 1 unspecified atom stereocenters. The number of rotatable bonds is 10. The second-order valence-corrected chi connectivity index (χ2v) is 6.76. The number of ketones is 1. The van der Waals surface area contributed by atoms with E-state index in [-0.39, 0.29) is 61.5 Å². The van der Waals surface area contributed by atoms with E-state index in [0.717, 1.165) is 25.7 Å². The predicted molar refractivity (Wildman–Crippen MR) is 97.2 cm³/mol. The Labute approximate surface area is 154 Å². The Balaban J connectivity index is 2.27. The molecule has 0 aliphatic heterocycles. The molecule has 148 valence electrons. The van der Waals surface area contributed by atoms with E-state index in [1.165, 1.54) is 6.92 Å². The van der Waals surface area contributed by atoms with Crippen LogP contribution in [0.5, 0.6) is 0 Å². The molecule has 6 N–H and O–H groups in total. The van der Waals surface area contributed by atoms with Crippen LogP contribution in [0.1, 0.15) is 45.4 Å². The summed E-state index contributed by atoms with van der Waals surface area (Å²) in [6.07, 6.45) is 3.88. The minimum Gasteiger partial charge on any atom is -0.352 e. The van der Waals surface area contributed by atoms with Crippen molar-refractivity contribution in [2.24, 2.45) is 5.73 Å². The molecule has 3 amide bonds. The molecule has 1 saturated carbocycles. The second kappa shape index (κ2) is 11.6. The van der Waals surface area contributed by atoms with Crippen molar-refractivity contribution in [2.45, 2.75) is 63.6 Å². The van der Waals surface area contributed by atoms with E-state index >= 15 is 0 Å². The standard InChI is InChI=1S/C17H31N5O4/c1-11(23)9-20-15(24)8-7-14(19-2)17(26)21-10-16(25)22-13-5-3-12(18)4-6-13/h12-14,19H,3-10,18H2,1-2H3,(H,20,24)(H,21,26)(H,22,25). The molecule has 0 aromatic carbocycles. The van der Waals surface area contributed by atoms with Gasteiger partial charge in [0.2, 0.25) is 17.7 Å². The Bertz CT molecular complexity index is 503. The second-order valence-electron chi connectivity index (χ2n) is 6.76. The van der Waals surface area contributed by atoms with Gasteiger partial charge in [-0.15, -0.1) is 0 Å². The van der Waals surface area contributed by atoms with Gasteiger partial charge in [0.05, 0.1) is 19.1 Å². The van der Waals surface area contributed by atoms with E-state index in [1.54, 1.807) is 7.05 Å². The zero-order valence-corrected chi connectivity index (χ0v) is 15.6. The van der Waals surface area contributed by atoms with Crippen molar-refractivity contribution in [1.82, 2.24) is 21.3 Å². The van der Waals surface area contributed by atoms with Gasteiger partial charge >= 0.3 is 0 Å². The largest absolute Gasteiger partial charge is 0.352 e. The van der Waals surface area contributed by atoms with Crippen LogP contribution in [0, 0.1) is 0 Å². The van der Waals surface area contributed by atoms with Gasteiger partial charge in [0.15, 0.2) is 0 Å². The highest BCUT2D eigenvalue weighted by Gasteiger charge is 2.21. The smallest absolute Gasteiger partial charge is 0.239 e. The monoisotopic (exact) mass is 369 g/mol. The maximum Gasteiger partial charge on any atom is 0.239 e. The molecule has 0 aromatic rings. The van der Waals surface area contributed by atoms with Crippen molar-refractivity contribution < 1.29 is 19.2 Å². The quantitative estimate of drug-likeness (QED) is 0.319. The molecule has 9 nitrogen and oxygen atoms in total. The van der Waals surface area contributed by atoms with E-state index in [4.69, 9.17) is 5.73 Å². The van der Waals surface area contributed by atoms with Gasteiger partial charge in [0.1, 0.15) is 5.78 Å². The van der Waals surface area contributed by atoms with E-state index in [1.807, 2.05) is 0 Å². The van der Waals surface area contributed by atoms with Gasteiger partial charge in [-0.25, -0.2) is 0 Å². The third-order valence-electron chi connectivity index (χ3n) is 4.42. The lowest BCUT2D eigenvalue weighted by atomic mass is 9.92. The Morgan fingerprint density at radius 1 is 1.00 bits per heavy atom. The predicted octanol–water partition coefficient (Wildman–Crippen LogP) is -1.44. The first-order chi connectivity index (χ1) is 12.3. The molecule has 0 aromatic heterocycles. The summed E-state index contributed by atoms with van der Waals surface area (Å²) >= 11 is 0. The van der Waals surface area contributed by atoms with E-state index < -0.39 is 6.04 Å². The van der Waals surface area contributed by atoms with Crippen molar-refractivity contribution in [3.63, 3.8) is 0 Å². The lowest BCUT2D eigenvalue weighted by Gasteiger charge is -2.27. The van der Waals surface area contributed by atoms with Crippen molar-refractivity contribution in [3.05, 3.63) is 0 Å². The average Bonchev–Trinajstić information content (AvgIpc) is 2.60. The van der Waals surface area contributed by atoms with Gasteiger partial charge in [0, 0.05) is 18.5 Å². The van der Waals surface area contributed by atoms with Crippen LogP contribution in [0.15, 0.2) is 0 Å². The summed E-state index contributed by atoms with van der Waals surface area (Å²) in [4.78, 5) is 46.5. The number of nitrogens with one attached hydrogen (secondary N) is 4. The van der Waals surface area contributed by atoms with Crippen molar-refractivity contribution in [3.8, 4) is 0 Å². The van der Waals surface area contributed by atoms with Gasteiger partial charge in [-0.1, -0.05) is 0 Å². The number of nitrogens with two attached hydrogens (primary N) is 1. The molecule has 1 fully saturated rings. The summed E-state index contributed by atoms with van der Waals surface area (Å²) in [5, 5.41) is 10.8. The maximum atomic E-state index is 12.1. The third kappa shape index (κ3) is 8.91. The Morgan fingerprint density at radius 2 is 1.65 bits per heavy atom. The van der Waals surface area contributed by atoms with Crippen LogP contribution in [0.2, 0.25) is 0 Å². The number of hydrogen-bond acceptors (Lipinski definition) is 6. The molecule has 26 heavy (non-hydrogen) atoms. The fourth-order valence-electron chi connectivity index (χ4n) is 2.83. The number of hydrogen-bond donors (Lipinski definition) is 5. The van der Waals surface area contributed by atoms with Gasteiger partial charge in [-0.2, -0.15) is 0 Å². The van der Waals surface area contributed by atoms with Crippen LogP contribution in [-0.2, 0) is 19.2 Å². The first-order valence-electron chi connectivity index (χ1n) is 9.07. The number of likely N-dealkylation sites (N-methyl/N-ethyl adjacent to an activating group) is 1. The van der Waals surface area contributed by atoms with Crippen LogP contribution in [0.4, 0.5) is 0 Å². The Hall–Kier alpha value is -2.00. The zero-order valence-electron chi connectivity index (χ0n) is 15.6. The highest BCUT2D eigenvalue weighted by atomic mass is 16.2. The average molecular weight is 369 g/mol. The van der Waals surface area contributed by atoms with Crippen LogP contribution in [0.3, 0.4) is 0 Å². The molecule has 9 heteroatoms. The molecular weight excluding hydrogens is 338 g/mol. The molecule has 1 aliphatic rings. The molecule has 1 atom stereocenters. The molecule has 1 aliphatic carbocycles. The third-order valence-corrected chi connectivity index (χ3v) is 4.42. The fourth-order valence-corrected chi connectivity index (χ4v) is 2.83. The lowest BCUT2D eigenvalue weighted by molar-refractivity contribution is -0.128. The first kappa shape index (κ1) is 22.0. The van der Waals surface area contributed by atoms with Gasteiger partial charge in [-0.3, -0.25) is 19.2 Å². The van der Waals surface area contributed by atoms with E-state index in [0.29, 0.717) is 0 Å². The summed E-state index contributed by atoms with van der Waals surface area (Å²) in [5.74, 6) is -0.991. The van der Waals surface area contributed by atoms with Crippen molar-refractivity contribution in [1.29, 1.82) is 0 Å². The maximum absolute atomic E-state index is 12.1. The minimum atomic E-state index is -0.585. The molecule has 0 saturated heterocycles.